The topological polar surface area (TPSA) is 42.0 Å². The molecular weight excluding hydrogens is 417 g/mol. The SMILES string of the molecule is O=C(NCCSc1nc2cc(C(F)(F)F)ccc2s1)C1C2CC3CC(C2)CC1C3. The predicted molar refractivity (Wildman–Crippen MR) is 109 cm³/mol. The van der Waals surface area contributed by atoms with Crippen molar-refractivity contribution in [1.82, 2.24) is 10.3 Å². The Balaban J connectivity index is 1.14. The van der Waals surface area contributed by atoms with Gasteiger partial charge in [-0.3, -0.25) is 4.79 Å². The van der Waals surface area contributed by atoms with E-state index in [2.05, 4.69) is 10.3 Å². The highest BCUT2D eigenvalue weighted by atomic mass is 32.2. The first-order valence-corrected chi connectivity index (χ1v) is 12.1. The van der Waals surface area contributed by atoms with Crippen molar-refractivity contribution >= 4 is 39.2 Å². The second-order valence-electron chi connectivity index (χ2n) is 8.76. The summed E-state index contributed by atoms with van der Waals surface area (Å²) in [6, 6.07) is 3.68. The molecule has 4 aliphatic rings. The van der Waals surface area contributed by atoms with E-state index in [-0.39, 0.29) is 11.8 Å². The number of amides is 1. The molecule has 0 radical (unpaired) electrons. The van der Waals surface area contributed by atoms with E-state index in [4.69, 9.17) is 0 Å². The lowest BCUT2D eigenvalue weighted by Gasteiger charge is -2.53. The van der Waals surface area contributed by atoms with Crippen molar-refractivity contribution in [1.29, 1.82) is 0 Å². The van der Waals surface area contributed by atoms with E-state index in [1.807, 2.05) is 0 Å². The fourth-order valence-electron chi connectivity index (χ4n) is 5.93. The van der Waals surface area contributed by atoms with Crippen molar-refractivity contribution in [3.63, 3.8) is 0 Å². The van der Waals surface area contributed by atoms with Gasteiger partial charge in [-0.2, -0.15) is 13.2 Å². The average molecular weight is 441 g/mol. The van der Waals surface area contributed by atoms with Crippen LogP contribution < -0.4 is 5.32 Å². The number of nitrogens with zero attached hydrogens (tertiary/aromatic N) is 1. The summed E-state index contributed by atoms with van der Waals surface area (Å²) < 4.78 is 40.0. The molecule has 0 spiro atoms. The molecule has 4 bridgehead atoms. The van der Waals surface area contributed by atoms with Crippen LogP contribution >= 0.6 is 23.1 Å². The molecule has 4 saturated carbocycles. The van der Waals surface area contributed by atoms with Crippen LogP contribution in [0.3, 0.4) is 0 Å². The Morgan fingerprint density at radius 3 is 2.48 bits per heavy atom. The molecule has 3 nitrogen and oxygen atoms in total. The number of nitrogens with one attached hydrogen (secondary N) is 1. The lowest BCUT2D eigenvalue weighted by molar-refractivity contribution is -0.138. The summed E-state index contributed by atoms with van der Waals surface area (Å²) >= 11 is 2.88. The molecule has 2 aromatic rings. The highest BCUT2D eigenvalue weighted by molar-refractivity contribution is 8.01. The molecule has 156 valence electrons. The number of carbonyl (C=O) groups is 1. The summed E-state index contributed by atoms with van der Waals surface area (Å²) in [5, 5.41) is 3.11. The van der Waals surface area contributed by atoms with Gasteiger partial charge in [0, 0.05) is 18.2 Å². The largest absolute Gasteiger partial charge is 0.416 e. The maximum Gasteiger partial charge on any atom is 0.416 e. The van der Waals surface area contributed by atoms with Gasteiger partial charge in [0.25, 0.3) is 0 Å². The molecule has 6 rings (SSSR count). The molecule has 29 heavy (non-hydrogen) atoms. The van der Waals surface area contributed by atoms with Gasteiger partial charge in [0.15, 0.2) is 4.34 Å². The third kappa shape index (κ3) is 3.90. The number of rotatable bonds is 5. The quantitative estimate of drug-likeness (QED) is 0.486. The summed E-state index contributed by atoms with van der Waals surface area (Å²) in [7, 11) is 0. The summed E-state index contributed by atoms with van der Waals surface area (Å²) in [4.78, 5) is 17.1. The standard InChI is InChI=1S/C21H23F3N2OS2/c22-21(23,24)15-1-2-17-16(10-15)26-20(29-17)28-4-3-25-19(27)18-13-6-11-5-12(8-13)9-14(18)7-11/h1-2,10-14,18H,3-9H2,(H,25,27). The van der Waals surface area contributed by atoms with E-state index in [1.54, 1.807) is 0 Å². The van der Waals surface area contributed by atoms with Crippen LogP contribution in [0.1, 0.15) is 37.7 Å². The Bertz CT molecular complexity index is 898. The summed E-state index contributed by atoms with van der Waals surface area (Å²) in [5.41, 5.74) is -0.292. The van der Waals surface area contributed by atoms with Crippen molar-refractivity contribution in [2.24, 2.45) is 29.6 Å². The zero-order valence-corrected chi connectivity index (χ0v) is 17.5. The minimum absolute atomic E-state index is 0.191. The zero-order chi connectivity index (χ0) is 20.2. The molecule has 1 amide bonds. The van der Waals surface area contributed by atoms with Crippen LogP contribution in [-0.2, 0) is 11.0 Å². The maximum atomic E-state index is 12.8. The Morgan fingerprint density at radius 1 is 1.14 bits per heavy atom. The number of benzene rings is 1. The minimum Gasteiger partial charge on any atom is -0.355 e. The van der Waals surface area contributed by atoms with Gasteiger partial charge in [-0.1, -0.05) is 11.8 Å². The fraction of sp³-hybridized carbons (Fsp3) is 0.619. The summed E-state index contributed by atoms with van der Waals surface area (Å²) in [5.74, 6) is 3.93. The summed E-state index contributed by atoms with van der Waals surface area (Å²) in [6.07, 6.45) is 1.94. The Hall–Kier alpha value is -1.28. The molecule has 4 fully saturated rings. The smallest absolute Gasteiger partial charge is 0.355 e. The first-order valence-electron chi connectivity index (χ1n) is 10.2. The average Bonchev–Trinajstić information content (AvgIpc) is 3.05. The van der Waals surface area contributed by atoms with Crippen LogP contribution in [0.25, 0.3) is 10.2 Å². The highest BCUT2D eigenvalue weighted by Gasteiger charge is 2.50. The lowest BCUT2D eigenvalue weighted by atomic mass is 9.51. The third-order valence-electron chi connectivity index (χ3n) is 6.85. The van der Waals surface area contributed by atoms with E-state index >= 15 is 0 Å². The highest BCUT2D eigenvalue weighted by Crippen LogP contribution is 2.56. The van der Waals surface area contributed by atoms with Gasteiger partial charge in [0.1, 0.15) is 0 Å². The van der Waals surface area contributed by atoms with Crippen molar-refractivity contribution in [2.75, 3.05) is 12.3 Å². The number of carbonyl (C=O) groups excluding carboxylic acids is 1. The van der Waals surface area contributed by atoms with Crippen LogP contribution in [0.15, 0.2) is 22.5 Å². The van der Waals surface area contributed by atoms with Crippen molar-refractivity contribution < 1.29 is 18.0 Å². The molecule has 1 heterocycles. The number of hydrogen-bond donors (Lipinski definition) is 1. The molecule has 1 N–H and O–H groups in total. The van der Waals surface area contributed by atoms with E-state index in [0.29, 0.717) is 29.7 Å². The van der Waals surface area contributed by atoms with Gasteiger partial charge in [-0.25, -0.2) is 4.98 Å². The van der Waals surface area contributed by atoms with Gasteiger partial charge < -0.3 is 5.32 Å². The van der Waals surface area contributed by atoms with Crippen molar-refractivity contribution in [2.45, 2.75) is 42.6 Å². The molecule has 1 aromatic carbocycles. The van der Waals surface area contributed by atoms with Gasteiger partial charge >= 0.3 is 6.18 Å². The normalized spacial score (nSPS) is 30.8. The van der Waals surface area contributed by atoms with Crippen LogP contribution in [-0.4, -0.2) is 23.2 Å². The van der Waals surface area contributed by atoms with E-state index in [0.717, 1.165) is 33.0 Å². The Kier molecular flexibility index (Phi) is 5.05. The molecule has 4 aliphatic carbocycles. The number of fused-ring (bicyclic) bond motifs is 1. The Morgan fingerprint density at radius 2 is 1.83 bits per heavy atom. The van der Waals surface area contributed by atoms with Crippen LogP contribution in [0.5, 0.6) is 0 Å². The summed E-state index contributed by atoms with van der Waals surface area (Å²) in [6.45, 7) is 0.565. The molecule has 8 heteroatoms. The first kappa shape index (κ1) is 19.7. The zero-order valence-electron chi connectivity index (χ0n) is 15.9. The van der Waals surface area contributed by atoms with E-state index in [1.165, 1.54) is 61.3 Å². The lowest BCUT2D eigenvalue weighted by Crippen LogP contribution is -2.51. The van der Waals surface area contributed by atoms with Gasteiger partial charge in [-0.05, 0) is 74.0 Å². The second-order valence-corrected chi connectivity index (χ2v) is 11.1. The molecule has 0 aliphatic heterocycles. The fourth-order valence-corrected chi connectivity index (χ4v) is 7.90. The molecule has 0 saturated heterocycles. The predicted octanol–water partition coefficient (Wildman–Crippen LogP) is 5.60. The molecule has 1 aromatic heterocycles. The van der Waals surface area contributed by atoms with Crippen molar-refractivity contribution in [3.05, 3.63) is 23.8 Å². The maximum absolute atomic E-state index is 12.8. The number of thioether (sulfide) groups is 1. The number of alkyl halides is 3. The minimum atomic E-state index is -4.35. The second kappa shape index (κ2) is 7.45. The van der Waals surface area contributed by atoms with Crippen LogP contribution in [0.4, 0.5) is 13.2 Å². The van der Waals surface area contributed by atoms with Gasteiger partial charge in [-0.15, -0.1) is 11.3 Å². The molecule has 0 unspecified atom stereocenters. The molecule has 0 atom stereocenters. The molecular formula is C21H23F3N2OS2. The number of thiazole rings is 1. The third-order valence-corrected chi connectivity index (χ3v) is 9.03. The number of hydrogen-bond acceptors (Lipinski definition) is 4. The number of aromatic nitrogens is 1. The monoisotopic (exact) mass is 440 g/mol. The van der Waals surface area contributed by atoms with E-state index in [9.17, 15) is 18.0 Å². The van der Waals surface area contributed by atoms with Gasteiger partial charge in [0.05, 0.1) is 15.8 Å². The van der Waals surface area contributed by atoms with Crippen LogP contribution in [0, 0.1) is 29.6 Å². The first-order chi connectivity index (χ1) is 13.9. The van der Waals surface area contributed by atoms with Crippen LogP contribution in [0.2, 0.25) is 0 Å². The van der Waals surface area contributed by atoms with Crippen molar-refractivity contribution in [3.8, 4) is 0 Å². The number of halogens is 3. The van der Waals surface area contributed by atoms with Gasteiger partial charge in [0.2, 0.25) is 5.91 Å². The Labute approximate surface area is 175 Å². The van der Waals surface area contributed by atoms with E-state index < -0.39 is 11.7 Å².